The van der Waals surface area contributed by atoms with Gasteiger partial charge in [0, 0.05) is 23.5 Å². The SMILES string of the molecule is CCC(C)NC(=O)C(Cc1ccccc1)N(Cc1ccc(F)cc1)C(=O)CN(c1ccccc1Br)S(C)(=O)=O. The van der Waals surface area contributed by atoms with E-state index in [0.29, 0.717) is 22.1 Å². The smallest absolute Gasteiger partial charge is 0.244 e. The molecule has 2 amide bonds. The zero-order chi connectivity index (χ0) is 28.6. The maximum Gasteiger partial charge on any atom is 0.244 e. The van der Waals surface area contributed by atoms with Gasteiger partial charge in [-0.05, 0) is 64.7 Å². The number of benzene rings is 3. The van der Waals surface area contributed by atoms with Crippen LogP contribution in [0.15, 0.2) is 83.3 Å². The molecule has 3 rings (SSSR count). The van der Waals surface area contributed by atoms with Crippen LogP contribution >= 0.6 is 15.9 Å². The number of hydrogen-bond donors (Lipinski definition) is 1. The highest BCUT2D eigenvalue weighted by Gasteiger charge is 2.33. The van der Waals surface area contributed by atoms with Gasteiger partial charge >= 0.3 is 0 Å². The summed E-state index contributed by atoms with van der Waals surface area (Å²) in [4.78, 5) is 29.0. The highest BCUT2D eigenvalue weighted by molar-refractivity contribution is 9.10. The maximum atomic E-state index is 14.0. The van der Waals surface area contributed by atoms with Gasteiger partial charge in [0.25, 0.3) is 0 Å². The normalized spacial score (nSPS) is 12.8. The minimum absolute atomic E-state index is 0.0158. The van der Waals surface area contributed by atoms with Crippen LogP contribution in [0, 0.1) is 5.82 Å². The van der Waals surface area contributed by atoms with Crippen molar-refractivity contribution in [1.29, 1.82) is 0 Å². The van der Waals surface area contributed by atoms with Gasteiger partial charge in [-0.15, -0.1) is 0 Å². The maximum absolute atomic E-state index is 14.0. The highest BCUT2D eigenvalue weighted by Crippen LogP contribution is 2.28. The fourth-order valence-corrected chi connectivity index (χ4v) is 5.51. The van der Waals surface area contributed by atoms with E-state index in [0.717, 1.165) is 16.1 Å². The number of nitrogens with one attached hydrogen (secondary N) is 1. The van der Waals surface area contributed by atoms with Gasteiger partial charge in [0.2, 0.25) is 21.8 Å². The van der Waals surface area contributed by atoms with Crippen LogP contribution in [-0.4, -0.2) is 50.0 Å². The molecule has 0 fully saturated rings. The molecule has 0 heterocycles. The van der Waals surface area contributed by atoms with E-state index in [2.05, 4.69) is 21.2 Å². The molecule has 2 atom stereocenters. The molecular weight excluding hydrogens is 585 g/mol. The first-order chi connectivity index (χ1) is 18.5. The Morgan fingerprint density at radius 3 is 2.15 bits per heavy atom. The van der Waals surface area contributed by atoms with Crippen molar-refractivity contribution < 1.29 is 22.4 Å². The van der Waals surface area contributed by atoms with E-state index in [1.807, 2.05) is 44.2 Å². The fourth-order valence-electron chi connectivity index (χ4n) is 4.03. The third-order valence-electron chi connectivity index (χ3n) is 6.34. The molecule has 0 saturated carbocycles. The lowest BCUT2D eigenvalue weighted by atomic mass is 10.0. The number of carbonyl (C=O) groups excluding carboxylic acids is 2. The van der Waals surface area contributed by atoms with Gasteiger partial charge in [-0.2, -0.15) is 0 Å². The molecule has 1 N–H and O–H groups in total. The molecule has 0 aliphatic rings. The van der Waals surface area contributed by atoms with Crippen LogP contribution in [0.1, 0.15) is 31.4 Å². The molecule has 0 aromatic heterocycles. The highest BCUT2D eigenvalue weighted by atomic mass is 79.9. The van der Waals surface area contributed by atoms with Crippen molar-refractivity contribution >= 4 is 43.5 Å². The first kappa shape index (κ1) is 30.3. The quantitative estimate of drug-likeness (QED) is 0.313. The van der Waals surface area contributed by atoms with E-state index in [9.17, 15) is 22.4 Å². The lowest BCUT2D eigenvalue weighted by molar-refractivity contribution is -0.140. The van der Waals surface area contributed by atoms with Gasteiger partial charge < -0.3 is 10.2 Å². The van der Waals surface area contributed by atoms with E-state index < -0.39 is 34.3 Å². The summed E-state index contributed by atoms with van der Waals surface area (Å²) in [6.45, 7) is 3.28. The van der Waals surface area contributed by atoms with Crippen molar-refractivity contribution in [3.05, 3.63) is 100 Å². The number of carbonyl (C=O) groups is 2. The van der Waals surface area contributed by atoms with Crippen molar-refractivity contribution in [2.75, 3.05) is 17.1 Å². The van der Waals surface area contributed by atoms with E-state index in [1.165, 1.54) is 17.0 Å². The minimum Gasteiger partial charge on any atom is -0.352 e. The predicted molar refractivity (Wildman–Crippen MR) is 155 cm³/mol. The molecule has 0 bridgehead atoms. The Labute approximate surface area is 238 Å². The summed E-state index contributed by atoms with van der Waals surface area (Å²) in [6.07, 6.45) is 1.94. The number of anilines is 1. The lowest BCUT2D eigenvalue weighted by Gasteiger charge is -2.34. The summed E-state index contributed by atoms with van der Waals surface area (Å²) in [5.41, 5.74) is 1.74. The number of para-hydroxylation sites is 1. The number of halogens is 2. The number of sulfonamides is 1. The molecule has 0 saturated heterocycles. The Morgan fingerprint density at radius 2 is 1.56 bits per heavy atom. The Kier molecular flexibility index (Phi) is 10.7. The number of nitrogens with zero attached hydrogens (tertiary/aromatic N) is 2. The summed E-state index contributed by atoms with van der Waals surface area (Å²) in [7, 11) is -3.87. The van der Waals surface area contributed by atoms with E-state index >= 15 is 0 Å². The van der Waals surface area contributed by atoms with E-state index in [1.54, 1.807) is 36.4 Å². The van der Waals surface area contributed by atoms with Gasteiger partial charge in [0.1, 0.15) is 18.4 Å². The zero-order valence-electron chi connectivity index (χ0n) is 22.2. The number of hydrogen-bond acceptors (Lipinski definition) is 4. The van der Waals surface area contributed by atoms with Crippen molar-refractivity contribution in [3.8, 4) is 0 Å². The molecule has 10 heteroatoms. The number of rotatable bonds is 12. The Bertz CT molecular complexity index is 1370. The van der Waals surface area contributed by atoms with Gasteiger partial charge in [0.15, 0.2) is 0 Å². The monoisotopic (exact) mass is 617 g/mol. The first-order valence-electron chi connectivity index (χ1n) is 12.6. The predicted octanol–water partition coefficient (Wildman–Crippen LogP) is 4.91. The minimum atomic E-state index is -3.87. The van der Waals surface area contributed by atoms with E-state index in [4.69, 9.17) is 0 Å². The van der Waals surface area contributed by atoms with Gasteiger partial charge in [0.05, 0.1) is 11.9 Å². The largest absolute Gasteiger partial charge is 0.352 e. The standard InChI is InChI=1S/C29H33BrFN3O4S/c1-4-21(2)32-29(36)27(18-22-10-6-5-7-11-22)33(19-23-14-16-24(31)17-15-23)28(35)20-34(39(3,37)38)26-13-9-8-12-25(26)30/h5-17,21,27H,4,18-20H2,1-3H3,(H,32,36). The molecule has 0 radical (unpaired) electrons. The average Bonchev–Trinajstić information content (AvgIpc) is 2.90. The first-order valence-corrected chi connectivity index (χ1v) is 15.2. The molecule has 3 aromatic rings. The van der Waals surface area contributed by atoms with Crippen LogP contribution in [0.5, 0.6) is 0 Å². The summed E-state index contributed by atoms with van der Waals surface area (Å²) in [5, 5.41) is 2.97. The topological polar surface area (TPSA) is 86.8 Å². The summed E-state index contributed by atoms with van der Waals surface area (Å²) in [5.74, 6) is -1.35. The molecule has 7 nitrogen and oxygen atoms in total. The molecule has 0 spiro atoms. The van der Waals surface area contributed by atoms with Crippen LogP contribution in [0.2, 0.25) is 0 Å². The van der Waals surface area contributed by atoms with Crippen molar-refractivity contribution in [2.45, 2.75) is 45.3 Å². The van der Waals surface area contributed by atoms with Crippen LogP contribution in [-0.2, 0) is 32.6 Å². The third kappa shape index (κ3) is 8.63. The zero-order valence-corrected chi connectivity index (χ0v) is 24.6. The summed E-state index contributed by atoms with van der Waals surface area (Å²) in [6, 6.07) is 20.6. The van der Waals surface area contributed by atoms with Gasteiger partial charge in [-0.3, -0.25) is 13.9 Å². The van der Waals surface area contributed by atoms with E-state index in [-0.39, 0.29) is 24.9 Å². The second-order valence-corrected chi connectivity index (χ2v) is 12.2. The molecule has 2 unspecified atom stereocenters. The number of amides is 2. The summed E-state index contributed by atoms with van der Waals surface area (Å²) < 4.78 is 40.8. The van der Waals surface area contributed by atoms with Crippen LogP contribution in [0.4, 0.5) is 10.1 Å². The van der Waals surface area contributed by atoms with Crippen molar-refractivity contribution in [3.63, 3.8) is 0 Å². The third-order valence-corrected chi connectivity index (χ3v) is 8.14. The molecule has 0 aliphatic heterocycles. The fraction of sp³-hybridized carbons (Fsp3) is 0.310. The molecule has 39 heavy (non-hydrogen) atoms. The van der Waals surface area contributed by atoms with Crippen LogP contribution in [0.3, 0.4) is 0 Å². The Morgan fingerprint density at radius 1 is 0.949 bits per heavy atom. The molecule has 0 aliphatic carbocycles. The average molecular weight is 619 g/mol. The Balaban J connectivity index is 2.06. The molecule has 3 aromatic carbocycles. The Hall–Kier alpha value is -3.24. The lowest BCUT2D eigenvalue weighted by Crippen LogP contribution is -2.54. The van der Waals surface area contributed by atoms with Gasteiger partial charge in [-0.1, -0.05) is 61.5 Å². The van der Waals surface area contributed by atoms with Crippen LogP contribution < -0.4 is 9.62 Å². The van der Waals surface area contributed by atoms with Crippen LogP contribution in [0.25, 0.3) is 0 Å². The second-order valence-electron chi connectivity index (χ2n) is 9.39. The second kappa shape index (κ2) is 13.7. The van der Waals surface area contributed by atoms with Gasteiger partial charge in [-0.25, -0.2) is 12.8 Å². The molecular formula is C29H33BrFN3O4S. The molecule has 208 valence electrons. The van der Waals surface area contributed by atoms with Crippen molar-refractivity contribution in [2.24, 2.45) is 0 Å². The summed E-state index contributed by atoms with van der Waals surface area (Å²) >= 11 is 3.38. The van der Waals surface area contributed by atoms with Crippen molar-refractivity contribution in [1.82, 2.24) is 10.2 Å².